The number of halogens is 1. The van der Waals surface area contributed by atoms with Crippen molar-refractivity contribution in [1.29, 1.82) is 0 Å². The summed E-state index contributed by atoms with van der Waals surface area (Å²) in [4.78, 5) is 8.93. The van der Waals surface area contributed by atoms with Gasteiger partial charge in [0.15, 0.2) is 11.8 Å². The van der Waals surface area contributed by atoms with Crippen LogP contribution in [-0.2, 0) is 30.9 Å². The van der Waals surface area contributed by atoms with E-state index in [1.54, 1.807) is 14.2 Å². The minimum Gasteiger partial charge on any atom is -0.490 e. The number of hydrogen-bond donors (Lipinski definition) is 2. The number of ether oxygens (including phenoxy) is 2. The summed E-state index contributed by atoms with van der Waals surface area (Å²) < 4.78 is 13.2. The number of aryl methyl sites for hydroxylation is 1. The molecule has 1 aromatic carbocycles. The molecule has 8 nitrogen and oxygen atoms in total. The predicted molar refractivity (Wildman–Crippen MR) is 126 cm³/mol. The van der Waals surface area contributed by atoms with Crippen molar-refractivity contribution in [3.05, 3.63) is 41.5 Å². The van der Waals surface area contributed by atoms with Crippen LogP contribution in [0.1, 0.15) is 42.9 Å². The van der Waals surface area contributed by atoms with Crippen molar-refractivity contribution in [2.24, 2.45) is 4.99 Å². The Kier molecular flexibility index (Phi) is 8.32. The van der Waals surface area contributed by atoms with Crippen molar-refractivity contribution in [3.8, 4) is 5.75 Å². The molecule has 1 aliphatic carbocycles. The van der Waals surface area contributed by atoms with Crippen LogP contribution in [0.3, 0.4) is 0 Å². The van der Waals surface area contributed by atoms with Gasteiger partial charge in [-0.2, -0.15) is 5.10 Å². The van der Waals surface area contributed by atoms with Crippen molar-refractivity contribution in [2.45, 2.75) is 63.9 Å². The van der Waals surface area contributed by atoms with E-state index in [9.17, 15) is 0 Å². The minimum absolute atomic E-state index is 0. The molecule has 1 atom stereocenters. The first kappa shape index (κ1) is 22.8. The van der Waals surface area contributed by atoms with Gasteiger partial charge in [0, 0.05) is 38.7 Å². The number of fused-ring (bicyclic) bond motifs is 1. The van der Waals surface area contributed by atoms with E-state index in [0.29, 0.717) is 19.3 Å². The number of nitrogens with zero attached hydrogens (tertiary/aromatic N) is 4. The average Bonchev–Trinajstić information content (AvgIpc) is 3.10. The Morgan fingerprint density at radius 3 is 2.83 bits per heavy atom. The van der Waals surface area contributed by atoms with Crippen molar-refractivity contribution in [2.75, 3.05) is 14.2 Å². The maximum absolute atomic E-state index is 6.13. The zero-order valence-corrected chi connectivity index (χ0v) is 20.0. The number of aliphatic imine (C=N–C) groups is 1. The van der Waals surface area contributed by atoms with Crippen LogP contribution in [0.2, 0.25) is 0 Å². The molecule has 2 aromatic rings. The number of guanidine groups is 1. The smallest absolute Gasteiger partial charge is 0.191 e. The lowest BCUT2D eigenvalue weighted by Crippen LogP contribution is -2.46. The van der Waals surface area contributed by atoms with E-state index in [1.165, 1.54) is 6.42 Å². The van der Waals surface area contributed by atoms with Crippen LogP contribution in [0, 0.1) is 0 Å². The van der Waals surface area contributed by atoms with Gasteiger partial charge < -0.3 is 20.1 Å². The molecule has 2 heterocycles. The van der Waals surface area contributed by atoms with Gasteiger partial charge in [-0.15, -0.1) is 24.0 Å². The summed E-state index contributed by atoms with van der Waals surface area (Å²) in [6.45, 7) is 1.89. The lowest BCUT2D eigenvalue weighted by molar-refractivity contribution is 0.119. The van der Waals surface area contributed by atoms with Gasteiger partial charge in [0.1, 0.15) is 18.2 Å². The van der Waals surface area contributed by atoms with Crippen LogP contribution >= 0.6 is 24.0 Å². The molecule has 0 saturated heterocycles. The monoisotopic (exact) mass is 526 g/mol. The lowest BCUT2D eigenvalue weighted by Gasteiger charge is -2.28. The van der Waals surface area contributed by atoms with Crippen LogP contribution in [0.4, 0.5) is 0 Å². The molecule has 30 heavy (non-hydrogen) atoms. The Balaban J connectivity index is 0.00000256. The number of benzene rings is 1. The quantitative estimate of drug-likeness (QED) is 0.328. The topological polar surface area (TPSA) is 85.6 Å². The lowest BCUT2D eigenvalue weighted by atomic mass is 9.96. The molecule has 2 aliphatic rings. The molecule has 1 aromatic heterocycles. The van der Waals surface area contributed by atoms with Gasteiger partial charge in [-0.25, -0.2) is 9.67 Å². The molecular weight excluding hydrogens is 495 g/mol. The van der Waals surface area contributed by atoms with E-state index in [1.807, 2.05) is 16.8 Å². The maximum Gasteiger partial charge on any atom is 0.191 e. The number of hydrogen-bond acceptors (Lipinski definition) is 5. The van der Waals surface area contributed by atoms with Crippen LogP contribution in [0.25, 0.3) is 0 Å². The van der Waals surface area contributed by atoms with E-state index in [4.69, 9.17) is 9.47 Å². The molecule has 0 bridgehead atoms. The first-order chi connectivity index (χ1) is 14.2. The second kappa shape index (κ2) is 10.9. The van der Waals surface area contributed by atoms with Gasteiger partial charge in [-0.3, -0.25) is 4.99 Å². The summed E-state index contributed by atoms with van der Waals surface area (Å²) in [7, 11) is 3.46. The fourth-order valence-electron chi connectivity index (χ4n) is 3.67. The summed E-state index contributed by atoms with van der Waals surface area (Å²) in [5.41, 5.74) is 1.15. The molecule has 4 rings (SSSR count). The highest BCUT2D eigenvalue weighted by molar-refractivity contribution is 14.0. The van der Waals surface area contributed by atoms with Gasteiger partial charge in [-0.05, 0) is 31.7 Å². The normalized spacial score (nSPS) is 18.7. The second-order valence-electron chi connectivity index (χ2n) is 7.64. The minimum atomic E-state index is 0. The van der Waals surface area contributed by atoms with E-state index < -0.39 is 0 Å². The van der Waals surface area contributed by atoms with E-state index >= 15 is 0 Å². The van der Waals surface area contributed by atoms with Crippen molar-refractivity contribution < 1.29 is 9.47 Å². The number of nitrogens with one attached hydrogen (secondary N) is 2. The Morgan fingerprint density at radius 2 is 2.10 bits per heavy atom. The highest BCUT2D eigenvalue weighted by Crippen LogP contribution is 2.27. The second-order valence-corrected chi connectivity index (χ2v) is 7.64. The predicted octanol–water partition coefficient (Wildman–Crippen LogP) is 2.65. The third kappa shape index (κ3) is 5.63. The highest BCUT2D eigenvalue weighted by atomic mass is 127. The molecule has 0 amide bonds. The van der Waals surface area contributed by atoms with Crippen molar-refractivity contribution in [3.63, 3.8) is 0 Å². The van der Waals surface area contributed by atoms with Crippen LogP contribution < -0.4 is 15.4 Å². The third-order valence-corrected chi connectivity index (χ3v) is 5.50. The van der Waals surface area contributed by atoms with Crippen LogP contribution in [0.15, 0.2) is 29.3 Å². The molecule has 2 N–H and O–H groups in total. The number of para-hydroxylation sites is 1. The van der Waals surface area contributed by atoms with Gasteiger partial charge in [0.25, 0.3) is 0 Å². The van der Waals surface area contributed by atoms with Gasteiger partial charge >= 0.3 is 0 Å². The SMILES string of the molecule is CN=C(NCc1ccccc1OC1CCC1)NC1CCc2nc(COC)nn2C1.I. The molecule has 9 heteroatoms. The molecule has 164 valence electrons. The summed E-state index contributed by atoms with van der Waals surface area (Å²) >= 11 is 0. The maximum atomic E-state index is 6.13. The van der Waals surface area contributed by atoms with E-state index in [2.05, 4.69) is 37.8 Å². The van der Waals surface area contributed by atoms with E-state index in [0.717, 1.165) is 61.1 Å². The standard InChI is InChI=1S/C21H30N6O2.HI/c1-22-21(23-12-15-6-3-4-9-18(15)29-17-7-5-8-17)24-16-10-11-20-25-19(14-28-2)26-27(20)13-16;/h3-4,6,9,16-17H,5,7-8,10-14H2,1-2H3,(H2,22,23,24);1H. The van der Waals surface area contributed by atoms with Gasteiger partial charge in [-0.1, -0.05) is 18.2 Å². The first-order valence-electron chi connectivity index (χ1n) is 10.4. The van der Waals surface area contributed by atoms with Crippen LogP contribution in [-0.4, -0.2) is 47.0 Å². The Hall–Kier alpha value is -1.88. The molecule has 1 unspecified atom stereocenters. The third-order valence-electron chi connectivity index (χ3n) is 5.50. The summed E-state index contributed by atoms with van der Waals surface area (Å²) in [5, 5.41) is 11.5. The molecular formula is C21H31IN6O2. The fourth-order valence-corrected chi connectivity index (χ4v) is 3.67. The summed E-state index contributed by atoms with van der Waals surface area (Å²) in [5.74, 6) is 3.53. The molecule has 1 saturated carbocycles. The largest absolute Gasteiger partial charge is 0.490 e. The van der Waals surface area contributed by atoms with Crippen LogP contribution in [0.5, 0.6) is 5.75 Å². The zero-order valence-electron chi connectivity index (χ0n) is 17.6. The number of aromatic nitrogens is 3. The van der Waals surface area contributed by atoms with Crippen molar-refractivity contribution in [1.82, 2.24) is 25.4 Å². The van der Waals surface area contributed by atoms with Gasteiger partial charge in [0.05, 0.1) is 12.6 Å². The van der Waals surface area contributed by atoms with E-state index in [-0.39, 0.29) is 30.0 Å². The fraction of sp³-hybridized carbons (Fsp3) is 0.571. The Bertz CT molecular complexity index is 852. The van der Waals surface area contributed by atoms with Gasteiger partial charge in [0.2, 0.25) is 0 Å². The summed E-state index contributed by atoms with van der Waals surface area (Å²) in [6.07, 6.45) is 5.84. The highest BCUT2D eigenvalue weighted by Gasteiger charge is 2.23. The zero-order chi connectivity index (χ0) is 20.1. The van der Waals surface area contributed by atoms with Crippen molar-refractivity contribution >= 4 is 29.9 Å². The molecule has 1 fully saturated rings. The molecule has 0 spiro atoms. The molecule has 0 radical (unpaired) electrons. The molecule has 1 aliphatic heterocycles. The Labute approximate surface area is 194 Å². The average molecular weight is 526 g/mol. The number of methoxy groups -OCH3 is 1. The first-order valence-corrected chi connectivity index (χ1v) is 10.4. The Morgan fingerprint density at radius 1 is 1.27 bits per heavy atom. The summed E-state index contributed by atoms with van der Waals surface area (Å²) in [6, 6.07) is 8.49. The number of rotatable bonds is 7.